The minimum atomic E-state index is -1.00. The monoisotopic (exact) mass is 362 g/mol. The van der Waals surface area contributed by atoms with E-state index in [1.807, 2.05) is 6.92 Å². The summed E-state index contributed by atoms with van der Waals surface area (Å²) in [6.45, 7) is 3.04. The summed E-state index contributed by atoms with van der Waals surface area (Å²) in [4.78, 5) is 12.3. The number of nitrogens with two attached hydrogens (primary N) is 1. The van der Waals surface area contributed by atoms with Crippen LogP contribution in [-0.2, 0) is 9.53 Å². The van der Waals surface area contributed by atoms with Gasteiger partial charge in [0.2, 0.25) is 5.91 Å². The van der Waals surface area contributed by atoms with Gasteiger partial charge >= 0.3 is 0 Å². The number of benzene rings is 1. The quantitative estimate of drug-likeness (QED) is 0.862. The van der Waals surface area contributed by atoms with Crippen LogP contribution in [0.3, 0.4) is 0 Å². The van der Waals surface area contributed by atoms with Crippen LogP contribution in [0.2, 0.25) is 5.02 Å². The minimum absolute atomic E-state index is 0.213. The Labute approximate surface area is 130 Å². The van der Waals surface area contributed by atoms with Crippen molar-refractivity contribution in [3.8, 4) is 5.75 Å². The highest BCUT2D eigenvalue weighted by Crippen LogP contribution is 2.37. The SMILES string of the molecule is CCOc1c(Br)cc(Cl)cc1NC(=O)C1(N)CCOC1. The third kappa shape index (κ3) is 3.25. The van der Waals surface area contributed by atoms with Gasteiger partial charge in [0.05, 0.1) is 23.4 Å². The van der Waals surface area contributed by atoms with Gasteiger partial charge in [0, 0.05) is 11.6 Å². The van der Waals surface area contributed by atoms with Crippen LogP contribution >= 0.6 is 27.5 Å². The number of hydrogen-bond donors (Lipinski definition) is 2. The Balaban J connectivity index is 2.26. The van der Waals surface area contributed by atoms with E-state index in [-0.39, 0.29) is 12.5 Å². The van der Waals surface area contributed by atoms with Gasteiger partial charge in [-0.2, -0.15) is 0 Å². The Hall–Kier alpha value is -0.820. The molecule has 0 saturated carbocycles. The standard InChI is InChI=1S/C13H16BrClN2O3/c1-2-20-11-9(14)5-8(15)6-10(11)17-12(18)13(16)3-4-19-7-13/h5-6H,2-4,7,16H2,1H3,(H,17,18). The van der Waals surface area contributed by atoms with Crippen molar-refractivity contribution in [3.05, 3.63) is 21.6 Å². The van der Waals surface area contributed by atoms with Gasteiger partial charge in [-0.3, -0.25) is 4.79 Å². The third-order valence-electron chi connectivity index (χ3n) is 3.05. The van der Waals surface area contributed by atoms with Gasteiger partial charge in [0.15, 0.2) is 5.75 Å². The van der Waals surface area contributed by atoms with Gasteiger partial charge < -0.3 is 20.5 Å². The minimum Gasteiger partial charge on any atom is -0.491 e. The maximum atomic E-state index is 12.3. The molecule has 0 spiro atoms. The fraction of sp³-hybridized carbons (Fsp3) is 0.462. The predicted octanol–water partition coefficient (Wildman–Crippen LogP) is 2.56. The first-order valence-corrected chi connectivity index (χ1v) is 7.43. The van der Waals surface area contributed by atoms with Crippen LogP contribution in [0, 0.1) is 0 Å². The lowest BCUT2D eigenvalue weighted by Crippen LogP contribution is -2.51. The van der Waals surface area contributed by atoms with Crippen molar-refractivity contribution in [1.29, 1.82) is 0 Å². The number of carbonyl (C=O) groups is 1. The zero-order valence-corrected chi connectivity index (χ0v) is 13.4. The van der Waals surface area contributed by atoms with E-state index in [0.29, 0.717) is 40.6 Å². The number of anilines is 1. The molecule has 1 aliphatic heterocycles. The van der Waals surface area contributed by atoms with E-state index in [0.717, 1.165) is 0 Å². The lowest BCUT2D eigenvalue weighted by Gasteiger charge is -2.22. The third-order valence-corrected chi connectivity index (χ3v) is 3.86. The Morgan fingerprint density at radius 3 is 3.00 bits per heavy atom. The van der Waals surface area contributed by atoms with Gasteiger partial charge in [0.25, 0.3) is 0 Å². The molecule has 0 radical (unpaired) electrons. The lowest BCUT2D eigenvalue weighted by molar-refractivity contribution is -0.121. The second-order valence-corrected chi connectivity index (χ2v) is 5.90. The highest BCUT2D eigenvalue weighted by molar-refractivity contribution is 9.10. The van der Waals surface area contributed by atoms with Crippen molar-refractivity contribution in [3.63, 3.8) is 0 Å². The molecule has 3 N–H and O–H groups in total. The number of ether oxygens (including phenoxy) is 2. The van der Waals surface area contributed by atoms with Crippen molar-refractivity contribution in [2.24, 2.45) is 5.73 Å². The number of nitrogens with one attached hydrogen (secondary N) is 1. The van der Waals surface area contributed by atoms with Gasteiger partial charge in [0.1, 0.15) is 5.54 Å². The fourth-order valence-corrected chi connectivity index (χ4v) is 2.88. The van der Waals surface area contributed by atoms with Crippen molar-refractivity contribution in [1.82, 2.24) is 0 Å². The molecule has 5 nitrogen and oxygen atoms in total. The van der Waals surface area contributed by atoms with Gasteiger partial charge in [-0.15, -0.1) is 0 Å². The molecular weight excluding hydrogens is 348 g/mol. The van der Waals surface area contributed by atoms with Crippen LogP contribution in [0.25, 0.3) is 0 Å². The average Bonchev–Trinajstić information content (AvgIpc) is 2.82. The molecule has 1 atom stereocenters. The molecule has 7 heteroatoms. The molecule has 20 heavy (non-hydrogen) atoms. The van der Waals surface area contributed by atoms with Crippen molar-refractivity contribution < 1.29 is 14.3 Å². The van der Waals surface area contributed by atoms with Crippen LogP contribution in [0.15, 0.2) is 16.6 Å². The molecule has 1 aromatic rings. The zero-order chi connectivity index (χ0) is 14.8. The van der Waals surface area contributed by atoms with E-state index in [4.69, 9.17) is 26.8 Å². The van der Waals surface area contributed by atoms with E-state index in [1.165, 1.54) is 0 Å². The Morgan fingerprint density at radius 1 is 1.65 bits per heavy atom. The van der Waals surface area contributed by atoms with E-state index >= 15 is 0 Å². The number of hydrogen-bond acceptors (Lipinski definition) is 4. The van der Waals surface area contributed by atoms with E-state index in [1.54, 1.807) is 12.1 Å². The number of halogens is 2. The molecule has 0 bridgehead atoms. The topological polar surface area (TPSA) is 73.6 Å². The van der Waals surface area contributed by atoms with E-state index < -0.39 is 5.54 Å². The van der Waals surface area contributed by atoms with Crippen molar-refractivity contribution in [2.45, 2.75) is 18.9 Å². The van der Waals surface area contributed by atoms with Crippen molar-refractivity contribution in [2.75, 3.05) is 25.1 Å². The maximum absolute atomic E-state index is 12.3. The second kappa shape index (κ2) is 6.30. The molecule has 1 fully saturated rings. The highest BCUT2D eigenvalue weighted by Gasteiger charge is 2.38. The summed E-state index contributed by atoms with van der Waals surface area (Å²) in [6, 6.07) is 3.34. The molecule has 1 saturated heterocycles. The molecule has 1 unspecified atom stereocenters. The van der Waals surface area contributed by atoms with Crippen LogP contribution in [0.1, 0.15) is 13.3 Å². The first kappa shape index (κ1) is 15.6. The van der Waals surface area contributed by atoms with Gasteiger partial charge in [-0.05, 0) is 41.4 Å². The summed E-state index contributed by atoms with van der Waals surface area (Å²) in [5, 5.41) is 3.27. The van der Waals surface area contributed by atoms with Crippen LogP contribution in [0.5, 0.6) is 5.75 Å². The largest absolute Gasteiger partial charge is 0.491 e. The summed E-state index contributed by atoms with van der Waals surface area (Å²) < 4.78 is 11.4. The summed E-state index contributed by atoms with van der Waals surface area (Å²) in [6.07, 6.45) is 0.491. The van der Waals surface area contributed by atoms with Crippen LogP contribution in [0.4, 0.5) is 5.69 Å². The first-order chi connectivity index (χ1) is 9.46. The molecule has 110 valence electrons. The predicted molar refractivity (Wildman–Crippen MR) is 81.3 cm³/mol. The summed E-state index contributed by atoms with van der Waals surface area (Å²) in [7, 11) is 0. The fourth-order valence-electron chi connectivity index (χ4n) is 1.95. The number of amides is 1. The number of carbonyl (C=O) groups excluding carboxylic acids is 1. The van der Waals surface area contributed by atoms with Crippen LogP contribution in [-0.4, -0.2) is 31.3 Å². The highest BCUT2D eigenvalue weighted by atomic mass is 79.9. The Bertz CT molecular complexity index is 519. The van der Waals surface area contributed by atoms with Gasteiger partial charge in [-0.1, -0.05) is 11.6 Å². The second-order valence-electron chi connectivity index (χ2n) is 4.61. The van der Waals surface area contributed by atoms with Crippen molar-refractivity contribution >= 4 is 39.1 Å². The molecule has 1 heterocycles. The Kier molecular flexibility index (Phi) is 4.90. The summed E-state index contributed by atoms with van der Waals surface area (Å²) in [5.74, 6) is 0.234. The summed E-state index contributed by atoms with van der Waals surface area (Å²) in [5.41, 5.74) is 5.52. The molecule has 0 aromatic heterocycles. The lowest BCUT2D eigenvalue weighted by atomic mass is 9.99. The molecule has 1 amide bonds. The molecule has 0 aliphatic carbocycles. The molecule has 1 aromatic carbocycles. The molecule has 1 aliphatic rings. The zero-order valence-electron chi connectivity index (χ0n) is 11.0. The normalized spacial score (nSPS) is 21.8. The summed E-state index contributed by atoms with van der Waals surface area (Å²) >= 11 is 9.38. The van der Waals surface area contributed by atoms with Crippen LogP contribution < -0.4 is 15.8 Å². The molecular formula is C13H16BrClN2O3. The van der Waals surface area contributed by atoms with E-state index in [2.05, 4.69) is 21.2 Å². The first-order valence-electron chi connectivity index (χ1n) is 6.26. The number of rotatable bonds is 4. The maximum Gasteiger partial charge on any atom is 0.247 e. The smallest absolute Gasteiger partial charge is 0.247 e. The van der Waals surface area contributed by atoms with E-state index in [9.17, 15) is 4.79 Å². The average molecular weight is 364 g/mol. The molecule has 2 rings (SSSR count). The Morgan fingerprint density at radius 2 is 2.40 bits per heavy atom. The van der Waals surface area contributed by atoms with Gasteiger partial charge in [-0.25, -0.2) is 0 Å².